The molecule has 3 nitrogen and oxygen atoms in total. The van der Waals surface area contributed by atoms with Crippen LogP contribution in [0, 0.1) is 6.92 Å². The first kappa shape index (κ1) is 16.6. The van der Waals surface area contributed by atoms with Gasteiger partial charge in [0.1, 0.15) is 0 Å². The van der Waals surface area contributed by atoms with Crippen molar-refractivity contribution in [3.8, 4) is 0 Å². The largest absolute Gasteiger partial charge is 0.372 e. The molecule has 0 unspecified atom stereocenters. The molecule has 1 aliphatic rings. The molecule has 1 amide bonds. The van der Waals surface area contributed by atoms with Gasteiger partial charge in [0, 0.05) is 30.9 Å². The summed E-state index contributed by atoms with van der Waals surface area (Å²) in [5.74, 6) is 0.0133. The SMILES string of the molecule is Cc1ccc(C(=O)NCCCc2ccc(N3CCCC3)cc2)cc1. The number of anilines is 1. The maximum Gasteiger partial charge on any atom is 0.251 e. The highest BCUT2D eigenvalue weighted by Crippen LogP contribution is 2.20. The smallest absolute Gasteiger partial charge is 0.251 e. The minimum Gasteiger partial charge on any atom is -0.372 e. The van der Waals surface area contributed by atoms with E-state index in [9.17, 15) is 4.79 Å². The monoisotopic (exact) mass is 322 g/mol. The fraction of sp³-hybridized carbons (Fsp3) is 0.381. The average Bonchev–Trinajstić information content (AvgIpc) is 3.14. The number of hydrogen-bond acceptors (Lipinski definition) is 2. The summed E-state index contributed by atoms with van der Waals surface area (Å²) in [6.07, 6.45) is 4.57. The summed E-state index contributed by atoms with van der Waals surface area (Å²) in [5.41, 5.74) is 4.57. The predicted octanol–water partition coefficient (Wildman–Crippen LogP) is 3.96. The van der Waals surface area contributed by atoms with E-state index in [1.165, 1.54) is 42.7 Å². The molecule has 0 spiro atoms. The van der Waals surface area contributed by atoms with Crippen LogP contribution in [0.2, 0.25) is 0 Å². The standard InChI is InChI=1S/C21H26N2O/c1-17-6-10-19(11-7-17)21(24)22-14-4-5-18-8-12-20(13-9-18)23-15-2-3-16-23/h6-13H,2-5,14-16H2,1H3,(H,22,24). The highest BCUT2D eigenvalue weighted by atomic mass is 16.1. The molecule has 2 aromatic carbocycles. The van der Waals surface area contributed by atoms with Crippen molar-refractivity contribution >= 4 is 11.6 Å². The van der Waals surface area contributed by atoms with Crippen molar-refractivity contribution in [2.45, 2.75) is 32.6 Å². The Bertz CT molecular complexity index is 655. The number of nitrogens with one attached hydrogen (secondary N) is 1. The number of carbonyl (C=O) groups is 1. The van der Waals surface area contributed by atoms with E-state index >= 15 is 0 Å². The molecule has 1 fully saturated rings. The average molecular weight is 322 g/mol. The van der Waals surface area contributed by atoms with Gasteiger partial charge in [0.15, 0.2) is 0 Å². The van der Waals surface area contributed by atoms with Crippen LogP contribution in [0.5, 0.6) is 0 Å². The Kier molecular flexibility index (Phi) is 5.52. The molecule has 126 valence electrons. The van der Waals surface area contributed by atoms with Crippen LogP contribution in [-0.2, 0) is 6.42 Å². The molecule has 24 heavy (non-hydrogen) atoms. The van der Waals surface area contributed by atoms with Crippen molar-refractivity contribution in [3.63, 3.8) is 0 Å². The molecule has 0 aromatic heterocycles. The van der Waals surface area contributed by atoms with Gasteiger partial charge >= 0.3 is 0 Å². The zero-order valence-corrected chi connectivity index (χ0v) is 14.4. The second kappa shape index (κ2) is 8.00. The van der Waals surface area contributed by atoms with Gasteiger partial charge in [-0.05, 0) is 62.4 Å². The maximum absolute atomic E-state index is 12.0. The Hall–Kier alpha value is -2.29. The first-order valence-corrected chi connectivity index (χ1v) is 8.91. The summed E-state index contributed by atoms with van der Waals surface area (Å²) in [4.78, 5) is 14.5. The molecule has 0 saturated carbocycles. The van der Waals surface area contributed by atoms with E-state index in [2.05, 4.69) is 34.5 Å². The first-order chi connectivity index (χ1) is 11.7. The van der Waals surface area contributed by atoms with Crippen molar-refractivity contribution in [2.75, 3.05) is 24.5 Å². The van der Waals surface area contributed by atoms with Crippen molar-refractivity contribution in [2.24, 2.45) is 0 Å². The molecule has 3 heteroatoms. The van der Waals surface area contributed by atoms with Crippen LogP contribution in [0.25, 0.3) is 0 Å². The molecular formula is C21H26N2O. The van der Waals surface area contributed by atoms with Crippen LogP contribution in [0.1, 0.15) is 40.7 Å². The number of carbonyl (C=O) groups excluding carboxylic acids is 1. The summed E-state index contributed by atoms with van der Waals surface area (Å²) in [7, 11) is 0. The number of hydrogen-bond donors (Lipinski definition) is 1. The normalized spacial score (nSPS) is 14.0. The van der Waals surface area contributed by atoms with E-state index in [1.54, 1.807) is 0 Å². The summed E-state index contributed by atoms with van der Waals surface area (Å²) in [5, 5.41) is 3.00. The van der Waals surface area contributed by atoms with Gasteiger partial charge in [-0.15, -0.1) is 0 Å². The highest BCUT2D eigenvalue weighted by molar-refractivity contribution is 5.94. The third kappa shape index (κ3) is 4.38. The maximum atomic E-state index is 12.0. The molecule has 1 saturated heterocycles. The number of nitrogens with zero attached hydrogens (tertiary/aromatic N) is 1. The highest BCUT2D eigenvalue weighted by Gasteiger charge is 2.11. The van der Waals surface area contributed by atoms with E-state index in [0.717, 1.165) is 18.4 Å². The van der Waals surface area contributed by atoms with Crippen molar-refractivity contribution < 1.29 is 4.79 Å². The van der Waals surface area contributed by atoms with E-state index < -0.39 is 0 Å². The molecule has 0 aliphatic carbocycles. The van der Waals surface area contributed by atoms with Gasteiger partial charge in [0.2, 0.25) is 0 Å². The van der Waals surface area contributed by atoms with Crippen LogP contribution in [0.3, 0.4) is 0 Å². The summed E-state index contributed by atoms with van der Waals surface area (Å²) >= 11 is 0. The quantitative estimate of drug-likeness (QED) is 0.817. The van der Waals surface area contributed by atoms with Crippen LogP contribution in [-0.4, -0.2) is 25.5 Å². The van der Waals surface area contributed by atoms with Crippen molar-refractivity contribution in [1.82, 2.24) is 5.32 Å². The molecular weight excluding hydrogens is 296 g/mol. The van der Waals surface area contributed by atoms with Crippen molar-refractivity contribution in [1.29, 1.82) is 0 Å². The molecule has 0 bridgehead atoms. The van der Waals surface area contributed by atoms with E-state index in [4.69, 9.17) is 0 Å². The number of rotatable bonds is 6. The Morgan fingerprint density at radius 1 is 1.00 bits per heavy atom. The third-order valence-electron chi connectivity index (χ3n) is 4.65. The van der Waals surface area contributed by atoms with Gasteiger partial charge in [0.25, 0.3) is 5.91 Å². The van der Waals surface area contributed by atoms with E-state index in [0.29, 0.717) is 6.54 Å². The Morgan fingerprint density at radius 2 is 1.67 bits per heavy atom. The van der Waals surface area contributed by atoms with Crippen LogP contribution >= 0.6 is 0 Å². The Labute approximate surface area is 144 Å². The Morgan fingerprint density at radius 3 is 2.33 bits per heavy atom. The number of benzene rings is 2. The number of amides is 1. The fourth-order valence-electron chi connectivity index (χ4n) is 3.15. The summed E-state index contributed by atoms with van der Waals surface area (Å²) in [6, 6.07) is 16.6. The molecule has 2 aromatic rings. The topological polar surface area (TPSA) is 32.3 Å². The lowest BCUT2D eigenvalue weighted by molar-refractivity contribution is 0.0953. The second-order valence-electron chi connectivity index (χ2n) is 6.59. The zero-order chi connectivity index (χ0) is 16.8. The van der Waals surface area contributed by atoms with Gasteiger partial charge < -0.3 is 10.2 Å². The van der Waals surface area contributed by atoms with E-state index in [-0.39, 0.29) is 5.91 Å². The Balaban J connectivity index is 1.41. The molecule has 3 rings (SSSR count). The summed E-state index contributed by atoms with van der Waals surface area (Å²) in [6.45, 7) is 5.10. The predicted molar refractivity (Wildman–Crippen MR) is 99.7 cm³/mol. The third-order valence-corrected chi connectivity index (χ3v) is 4.65. The van der Waals surface area contributed by atoms with Crippen LogP contribution in [0.4, 0.5) is 5.69 Å². The molecule has 0 radical (unpaired) electrons. The van der Waals surface area contributed by atoms with Gasteiger partial charge in [-0.1, -0.05) is 29.8 Å². The molecule has 0 atom stereocenters. The lowest BCUT2D eigenvalue weighted by Gasteiger charge is -2.17. The molecule has 1 aliphatic heterocycles. The zero-order valence-electron chi connectivity index (χ0n) is 14.4. The molecule has 1 heterocycles. The number of aryl methyl sites for hydroxylation is 2. The van der Waals surface area contributed by atoms with Gasteiger partial charge in [-0.3, -0.25) is 4.79 Å². The minimum absolute atomic E-state index is 0.0133. The fourth-order valence-corrected chi connectivity index (χ4v) is 3.15. The first-order valence-electron chi connectivity index (χ1n) is 8.91. The molecule has 1 N–H and O–H groups in total. The lowest BCUT2D eigenvalue weighted by atomic mass is 10.1. The van der Waals surface area contributed by atoms with Crippen molar-refractivity contribution in [3.05, 3.63) is 65.2 Å². The van der Waals surface area contributed by atoms with Crippen LogP contribution in [0.15, 0.2) is 48.5 Å². The minimum atomic E-state index is 0.0133. The summed E-state index contributed by atoms with van der Waals surface area (Å²) < 4.78 is 0. The second-order valence-corrected chi connectivity index (χ2v) is 6.59. The van der Waals surface area contributed by atoms with Gasteiger partial charge in [-0.2, -0.15) is 0 Å². The van der Waals surface area contributed by atoms with Crippen LogP contribution < -0.4 is 10.2 Å². The van der Waals surface area contributed by atoms with Gasteiger partial charge in [-0.25, -0.2) is 0 Å². The van der Waals surface area contributed by atoms with E-state index in [1.807, 2.05) is 31.2 Å². The lowest BCUT2D eigenvalue weighted by Crippen LogP contribution is -2.24. The van der Waals surface area contributed by atoms with Gasteiger partial charge in [0.05, 0.1) is 0 Å².